The van der Waals surface area contributed by atoms with Crippen LogP contribution >= 0.6 is 15.9 Å². The molecule has 0 bridgehead atoms. The predicted molar refractivity (Wildman–Crippen MR) is 57.2 cm³/mol. The summed E-state index contributed by atoms with van der Waals surface area (Å²) in [5.74, 6) is 0. The van der Waals surface area contributed by atoms with Crippen LogP contribution in [0.1, 0.15) is 19.8 Å². The van der Waals surface area contributed by atoms with E-state index in [1.165, 1.54) is 0 Å². The molecule has 1 N–H and O–H groups in total. The van der Waals surface area contributed by atoms with Gasteiger partial charge >= 0.3 is 6.09 Å². The highest BCUT2D eigenvalue weighted by molar-refractivity contribution is 9.09. The van der Waals surface area contributed by atoms with Gasteiger partial charge in [0.25, 0.3) is 0 Å². The van der Waals surface area contributed by atoms with Gasteiger partial charge in [-0.2, -0.15) is 0 Å². The Hall–Kier alpha value is -0.510. The average molecular weight is 250 g/mol. The molecule has 13 heavy (non-hydrogen) atoms. The minimum Gasteiger partial charge on any atom is -0.445 e. The molecule has 0 aromatic carbocycles. The normalized spacial score (nSPS) is 9.38. The summed E-state index contributed by atoms with van der Waals surface area (Å²) in [6.45, 7) is 6.41. The molecule has 4 heteroatoms. The molecule has 0 rings (SSSR count). The molecule has 0 saturated carbocycles. The van der Waals surface area contributed by atoms with E-state index in [0.29, 0.717) is 13.2 Å². The van der Waals surface area contributed by atoms with Gasteiger partial charge in [0, 0.05) is 11.9 Å². The second-order valence-electron chi connectivity index (χ2n) is 2.86. The number of carbonyl (C=O) groups excluding carboxylic acids is 1. The maximum Gasteiger partial charge on any atom is 0.407 e. The lowest BCUT2D eigenvalue weighted by atomic mass is 10.3. The van der Waals surface area contributed by atoms with Crippen molar-refractivity contribution in [2.45, 2.75) is 19.8 Å². The number of alkyl carbamates (subject to hydrolysis) is 1. The van der Waals surface area contributed by atoms with Gasteiger partial charge in [-0.25, -0.2) is 4.79 Å². The highest BCUT2D eigenvalue weighted by Gasteiger charge is 1.99. The Morgan fingerprint density at radius 3 is 2.77 bits per heavy atom. The average Bonchev–Trinajstić information content (AvgIpc) is 2.09. The summed E-state index contributed by atoms with van der Waals surface area (Å²) in [6.07, 6.45) is 1.66. The third-order valence-electron chi connectivity index (χ3n) is 1.28. The number of ether oxygens (including phenoxy) is 1. The number of rotatable bonds is 6. The quantitative estimate of drug-likeness (QED) is 0.446. The highest BCUT2D eigenvalue weighted by atomic mass is 79.9. The van der Waals surface area contributed by atoms with Gasteiger partial charge in [0.15, 0.2) is 0 Å². The molecule has 0 radical (unpaired) electrons. The first-order chi connectivity index (χ1) is 6.16. The van der Waals surface area contributed by atoms with Crippen molar-refractivity contribution in [3.63, 3.8) is 0 Å². The van der Waals surface area contributed by atoms with Crippen LogP contribution in [0.5, 0.6) is 0 Å². The van der Waals surface area contributed by atoms with E-state index in [0.717, 1.165) is 23.7 Å². The van der Waals surface area contributed by atoms with Crippen molar-refractivity contribution in [1.82, 2.24) is 5.32 Å². The number of alkyl halides is 1. The van der Waals surface area contributed by atoms with Crippen molar-refractivity contribution >= 4 is 22.0 Å². The molecule has 0 atom stereocenters. The number of halogens is 1. The standard InChI is InChI=1S/C9H16BrNO2/c1-8(2)7-13-9(12)11-6-4-3-5-10/h1,3-7H2,2H3,(H,11,12). The van der Waals surface area contributed by atoms with Crippen LogP contribution in [0, 0.1) is 0 Å². The zero-order valence-electron chi connectivity index (χ0n) is 7.94. The second-order valence-corrected chi connectivity index (χ2v) is 3.65. The van der Waals surface area contributed by atoms with Crippen molar-refractivity contribution < 1.29 is 9.53 Å². The fourth-order valence-corrected chi connectivity index (χ4v) is 1.05. The van der Waals surface area contributed by atoms with Crippen LogP contribution in [0.15, 0.2) is 12.2 Å². The molecule has 0 unspecified atom stereocenters. The van der Waals surface area contributed by atoms with Crippen molar-refractivity contribution in [2.24, 2.45) is 0 Å². The number of hydrogen-bond donors (Lipinski definition) is 1. The summed E-state index contributed by atoms with van der Waals surface area (Å²) in [5, 5.41) is 3.62. The Labute approximate surface area is 87.7 Å². The monoisotopic (exact) mass is 249 g/mol. The summed E-state index contributed by atoms with van der Waals surface area (Å²) in [7, 11) is 0. The van der Waals surface area contributed by atoms with Crippen molar-refractivity contribution in [3.05, 3.63) is 12.2 Å². The van der Waals surface area contributed by atoms with Crippen LogP contribution in [0.3, 0.4) is 0 Å². The number of carbonyl (C=O) groups is 1. The number of hydrogen-bond acceptors (Lipinski definition) is 2. The first-order valence-electron chi connectivity index (χ1n) is 4.27. The van der Waals surface area contributed by atoms with Crippen molar-refractivity contribution in [1.29, 1.82) is 0 Å². The lowest BCUT2D eigenvalue weighted by Gasteiger charge is -2.05. The van der Waals surface area contributed by atoms with E-state index in [4.69, 9.17) is 4.74 Å². The molecule has 0 heterocycles. The minimum absolute atomic E-state index is 0.296. The van der Waals surface area contributed by atoms with Gasteiger partial charge in [-0.3, -0.25) is 0 Å². The zero-order chi connectivity index (χ0) is 10.1. The third kappa shape index (κ3) is 9.40. The maximum atomic E-state index is 10.9. The van der Waals surface area contributed by atoms with Crippen LogP contribution in [-0.4, -0.2) is 24.6 Å². The van der Waals surface area contributed by atoms with Gasteiger partial charge in [0.05, 0.1) is 0 Å². The fraction of sp³-hybridized carbons (Fsp3) is 0.667. The van der Waals surface area contributed by atoms with Gasteiger partial charge in [0.2, 0.25) is 0 Å². The first-order valence-corrected chi connectivity index (χ1v) is 5.40. The number of unbranched alkanes of at least 4 members (excludes halogenated alkanes) is 1. The lowest BCUT2D eigenvalue weighted by molar-refractivity contribution is 0.155. The SMILES string of the molecule is C=C(C)COC(=O)NCCCCBr. The van der Waals surface area contributed by atoms with Crippen molar-refractivity contribution in [3.8, 4) is 0 Å². The summed E-state index contributed by atoms with van der Waals surface area (Å²) < 4.78 is 4.82. The molecule has 0 aliphatic rings. The first kappa shape index (κ1) is 12.5. The molecule has 0 aromatic heterocycles. The molecule has 0 saturated heterocycles. The number of nitrogens with one attached hydrogen (secondary N) is 1. The smallest absolute Gasteiger partial charge is 0.407 e. The summed E-state index contributed by atoms with van der Waals surface area (Å²) in [6, 6.07) is 0. The van der Waals surface area contributed by atoms with E-state index in [2.05, 4.69) is 27.8 Å². The molecule has 0 fully saturated rings. The van der Waals surface area contributed by atoms with Crippen LogP contribution in [0.25, 0.3) is 0 Å². The largest absolute Gasteiger partial charge is 0.445 e. The maximum absolute atomic E-state index is 10.9. The van der Waals surface area contributed by atoms with E-state index in [9.17, 15) is 4.79 Å². The summed E-state index contributed by atoms with van der Waals surface area (Å²) >= 11 is 3.31. The zero-order valence-corrected chi connectivity index (χ0v) is 9.52. The van der Waals surface area contributed by atoms with E-state index < -0.39 is 0 Å². The second kappa shape index (κ2) is 8.10. The van der Waals surface area contributed by atoms with Crippen LogP contribution < -0.4 is 5.32 Å². The Morgan fingerprint density at radius 1 is 1.54 bits per heavy atom. The molecule has 3 nitrogen and oxygen atoms in total. The highest BCUT2D eigenvalue weighted by Crippen LogP contribution is 1.93. The Balaban J connectivity index is 3.25. The molecular formula is C9H16BrNO2. The fourth-order valence-electron chi connectivity index (χ4n) is 0.650. The minimum atomic E-state index is -0.363. The lowest BCUT2D eigenvalue weighted by Crippen LogP contribution is -2.25. The summed E-state index contributed by atoms with van der Waals surface area (Å²) in [4.78, 5) is 10.9. The Morgan fingerprint density at radius 2 is 2.23 bits per heavy atom. The van der Waals surface area contributed by atoms with Gasteiger partial charge in [-0.1, -0.05) is 22.5 Å². The van der Waals surface area contributed by atoms with E-state index in [1.807, 2.05) is 6.92 Å². The van der Waals surface area contributed by atoms with E-state index >= 15 is 0 Å². The van der Waals surface area contributed by atoms with Crippen LogP contribution in [0.4, 0.5) is 4.79 Å². The molecular weight excluding hydrogens is 234 g/mol. The molecule has 76 valence electrons. The molecule has 1 amide bonds. The third-order valence-corrected chi connectivity index (χ3v) is 1.84. The van der Waals surface area contributed by atoms with Crippen LogP contribution in [-0.2, 0) is 4.74 Å². The van der Waals surface area contributed by atoms with Gasteiger partial charge in [-0.05, 0) is 25.3 Å². The van der Waals surface area contributed by atoms with Gasteiger partial charge in [-0.15, -0.1) is 0 Å². The Bertz CT molecular complexity index is 171. The van der Waals surface area contributed by atoms with Crippen molar-refractivity contribution in [2.75, 3.05) is 18.5 Å². The molecule has 0 aliphatic carbocycles. The van der Waals surface area contributed by atoms with E-state index in [1.54, 1.807) is 0 Å². The van der Waals surface area contributed by atoms with E-state index in [-0.39, 0.29) is 6.09 Å². The predicted octanol–water partition coefficient (Wildman–Crippen LogP) is 2.46. The molecule has 0 aliphatic heterocycles. The van der Waals surface area contributed by atoms with Crippen LogP contribution in [0.2, 0.25) is 0 Å². The topological polar surface area (TPSA) is 38.3 Å². The van der Waals surface area contributed by atoms with Gasteiger partial charge in [0.1, 0.15) is 6.61 Å². The number of amides is 1. The van der Waals surface area contributed by atoms with Gasteiger partial charge < -0.3 is 10.1 Å². The Kier molecular flexibility index (Phi) is 7.79. The molecule has 0 aromatic rings. The summed E-state index contributed by atoms with van der Waals surface area (Å²) in [5.41, 5.74) is 0.843. The molecule has 0 spiro atoms.